The number of aliphatic hydroxyl groups excluding tert-OH is 1. The molecule has 0 heterocycles. The highest BCUT2D eigenvalue weighted by atomic mass is 16.5. The second-order valence-electron chi connectivity index (χ2n) is 15.2. The number of ether oxygens (including phenoxy) is 1. The summed E-state index contributed by atoms with van der Waals surface area (Å²) in [4.78, 5) is 59.7. The van der Waals surface area contributed by atoms with Crippen LogP contribution in [0.5, 0.6) is 0 Å². The maximum atomic E-state index is 13.1. The molecule has 0 fully saturated rings. The van der Waals surface area contributed by atoms with Crippen LogP contribution in [-0.4, -0.2) is 52.2 Å². The van der Waals surface area contributed by atoms with E-state index in [4.69, 9.17) is 9.84 Å². The summed E-state index contributed by atoms with van der Waals surface area (Å²) in [5, 5.41) is 18.9. The van der Waals surface area contributed by atoms with Gasteiger partial charge in [-0.3, -0.25) is 19.2 Å². The maximum absolute atomic E-state index is 13.1. The Kier molecular flexibility index (Phi) is 16.9. The number of carboxylic acids is 1. The molecule has 0 spiro atoms. The van der Waals surface area contributed by atoms with Crippen LogP contribution in [0.3, 0.4) is 0 Å². The van der Waals surface area contributed by atoms with Gasteiger partial charge in [0.05, 0.1) is 6.42 Å². The molecule has 2 atom stereocenters. The van der Waals surface area contributed by atoms with Gasteiger partial charge in [0.25, 0.3) is 0 Å². The van der Waals surface area contributed by atoms with E-state index in [0.29, 0.717) is 17.6 Å². The fourth-order valence-electron chi connectivity index (χ4n) is 6.32. The molecule has 0 aromatic heterocycles. The Hall–Kier alpha value is -5.21. The molecule has 2 aliphatic rings. The lowest BCUT2D eigenvalue weighted by Gasteiger charge is -2.36. The number of esters is 1. The second kappa shape index (κ2) is 20.3. The SMILES string of the molecule is CC1=C(/C=C/C(C)=C/C=C/C(C)=C/C=C/C=C(C)/C=C/C=C(C)/C=C/C2=C(C)C(=O)C(OC(=O)/C=C(\C=O)CC(=O)O)CC2(C)C)C(C)(C)CC(O)C1=O. The van der Waals surface area contributed by atoms with Crippen molar-refractivity contribution >= 4 is 29.8 Å². The molecule has 2 rings (SSSR count). The Balaban J connectivity index is 2.00. The molecule has 0 saturated carbocycles. The lowest BCUT2D eigenvalue weighted by molar-refractivity contribution is -0.151. The molecule has 2 N–H and O–H groups in total. The fraction of sp³-hybridized carbons (Fsp3) is 0.370. The number of aliphatic hydroxyl groups is 1. The first-order valence-electron chi connectivity index (χ1n) is 18.0. The molecule has 0 aromatic carbocycles. The zero-order valence-corrected chi connectivity index (χ0v) is 33.4. The summed E-state index contributed by atoms with van der Waals surface area (Å²) in [5.74, 6) is -2.70. The number of carbonyl (C=O) groups excluding carboxylic acids is 4. The van der Waals surface area contributed by atoms with E-state index in [0.717, 1.165) is 39.5 Å². The van der Waals surface area contributed by atoms with Crippen LogP contribution in [0.1, 0.15) is 88.5 Å². The molecule has 8 nitrogen and oxygen atoms in total. The van der Waals surface area contributed by atoms with Crippen molar-refractivity contribution in [3.63, 3.8) is 0 Å². The highest BCUT2D eigenvalue weighted by molar-refractivity contribution is 6.03. The Morgan fingerprint density at radius 1 is 0.704 bits per heavy atom. The minimum atomic E-state index is -1.25. The van der Waals surface area contributed by atoms with Crippen molar-refractivity contribution in [1.29, 1.82) is 0 Å². The summed E-state index contributed by atoms with van der Waals surface area (Å²) in [6.07, 6.45) is 27.0. The van der Waals surface area contributed by atoms with Crippen LogP contribution in [-0.2, 0) is 28.7 Å². The van der Waals surface area contributed by atoms with Crippen LogP contribution < -0.4 is 0 Å². The van der Waals surface area contributed by atoms with Gasteiger partial charge in [-0.25, -0.2) is 4.79 Å². The first-order chi connectivity index (χ1) is 25.2. The fourth-order valence-corrected chi connectivity index (χ4v) is 6.32. The third-order valence-corrected chi connectivity index (χ3v) is 9.36. The molecule has 2 aliphatic carbocycles. The highest BCUT2D eigenvalue weighted by Gasteiger charge is 2.40. The van der Waals surface area contributed by atoms with E-state index in [1.807, 2.05) is 140 Å². The molecule has 0 bridgehead atoms. The summed E-state index contributed by atoms with van der Waals surface area (Å²) in [6, 6.07) is 0. The van der Waals surface area contributed by atoms with Gasteiger partial charge in [0.2, 0.25) is 0 Å². The molecule has 8 heteroatoms. The number of carboxylic acid groups (broad SMARTS) is 1. The number of ketones is 2. The van der Waals surface area contributed by atoms with Crippen molar-refractivity contribution in [3.8, 4) is 0 Å². The first-order valence-corrected chi connectivity index (χ1v) is 18.0. The Bertz CT molecular complexity index is 1870. The number of Topliss-reactive ketones (excluding diaryl/α,β-unsaturated/α-hetero) is 2. The lowest BCUT2D eigenvalue weighted by atomic mass is 9.71. The quantitative estimate of drug-likeness (QED) is 0.0736. The number of aldehydes is 1. The summed E-state index contributed by atoms with van der Waals surface area (Å²) in [7, 11) is 0. The topological polar surface area (TPSA) is 135 Å². The zero-order chi connectivity index (χ0) is 40.8. The Morgan fingerprint density at radius 3 is 1.59 bits per heavy atom. The zero-order valence-electron chi connectivity index (χ0n) is 33.4. The molecule has 54 heavy (non-hydrogen) atoms. The number of hydrogen-bond acceptors (Lipinski definition) is 7. The monoisotopic (exact) mass is 736 g/mol. The van der Waals surface area contributed by atoms with Crippen LogP contribution >= 0.6 is 0 Å². The number of allylic oxidation sites excluding steroid dienone is 20. The van der Waals surface area contributed by atoms with Crippen LogP contribution in [0.15, 0.2) is 141 Å². The number of aliphatic carboxylic acids is 1. The summed E-state index contributed by atoms with van der Waals surface area (Å²) < 4.78 is 5.35. The third-order valence-electron chi connectivity index (χ3n) is 9.36. The Labute approximate surface area is 320 Å². The van der Waals surface area contributed by atoms with Gasteiger partial charge < -0.3 is 14.9 Å². The number of rotatable bonds is 15. The molecule has 0 aromatic rings. The van der Waals surface area contributed by atoms with Crippen molar-refractivity contribution in [2.75, 3.05) is 0 Å². The maximum Gasteiger partial charge on any atom is 0.331 e. The molecule has 2 unspecified atom stereocenters. The minimum Gasteiger partial charge on any atom is -0.481 e. The van der Waals surface area contributed by atoms with Crippen LogP contribution in [0.2, 0.25) is 0 Å². The van der Waals surface area contributed by atoms with E-state index in [1.165, 1.54) is 0 Å². The lowest BCUT2D eigenvalue weighted by Crippen LogP contribution is -2.38. The van der Waals surface area contributed by atoms with Gasteiger partial charge in [0.1, 0.15) is 12.4 Å². The molecule has 0 aliphatic heterocycles. The van der Waals surface area contributed by atoms with Crippen molar-refractivity contribution < 1.29 is 38.9 Å². The van der Waals surface area contributed by atoms with Gasteiger partial charge in [0, 0.05) is 18.1 Å². The van der Waals surface area contributed by atoms with E-state index in [-0.39, 0.29) is 35.3 Å². The van der Waals surface area contributed by atoms with Crippen molar-refractivity contribution in [2.45, 2.75) is 101 Å². The van der Waals surface area contributed by atoms with Crippen molar-refractivity contribution in [1.82, 2.24) is 0 Å². The van der Waals surface area contributed by atoms with E-state index in [1.54, 1.807) is 13.8 Å². The van der Waals surface area contributed by atoms with Crippen molar-refractivity contribution in [2.24, 2.45) is 10.8 Å². The molecule has 288 valence electrons. The standard InChI is InChI=1S/C46H56O8/c1-30(17-13-19-32(3)21-23-37-34(5)43(52)39(48)27-45(37,7)8)15-11-12-16-31(2)18-14-20-33(4)22-24-38-35(6)44(53)40(28-46(38,9)10)54-42(51)26-36(29-47)25-41(49)50/h11-24,26,29,39-40,48H,25,27-28H2,1-10H3,(H,49,50)/b12-11+,17-13+,18-14+,23-21+,24-22+,30-15+,31-16+,32-19+,33-20+,36-26-. The average molecular weight is 737 g/mol. The molecular formula is C46H56O8. The molecule has 0 radical (unpaired) electrons. The van der Waals surface area contributed by atoms with Crippen molar-refractivity contribution in [3.05, 3.63) is 141 Å². The smallest absolute Gasteiger partial charge is 0.331 e. The van der Waals surface area contributed by atoms with E-state index in [2.05, 4.69) is 0 Å². The summed E-state index contributed by atoms with van der Waals surface area (Å²) in [5.41, 5.74) is 6.07. The van der Waals surface area contributed by atoms with E-state index in [9.17, 15) is 29.1 Å². The van der Waals surface area contributed by atoms with Gasteiger partial charge >= 0.3 is 11.9 Å². The predicted molar refractivity (Wildman–Crippen MR) is 215 cm³/mol. The minimum absolute atomic E-state index is 0.194. The number of hydrogen-bond donors (Lipinski definition) is 2. The van der Waals surface area contributed by atoms with Gasteiger partial charge in [-0.1, -0.05) is 135 Å². The normalized spacial score (nSPS) is 22.2. The van der Waals surface area contributed by atoms with Gasteiger partial charge in [0.15, 0.2) is 17.7 Å². The summed E-state index contributed by atoms with van der Waals surface area (Å²) in [6.45, 7) is 19.5. The molecular weight excluding hydrogens is 680 g/mol. The largest absolute Gasteiger partial charge is 0.481 e. The van der Waals surface area contributed by atoms with E-state index < -0.39 is 36.0 Å². The van der Waals surface area contributed by atoms with Crippen LogP contribution in [0.4, 0.5) is 0 Å². The molecule has 0 amide bonds. The predicted octanol–water partition coefficient (Wildman–Crippen LogP) is 9.06. The van der Waals surface area contributed by atoms with Gasteiger partial charge in [-0.15, -0.1) is 0 Å². The Morgan fingerprint density at radius 2 is 1.13 bits per heavy atom. The number of carbonyl (C=O) groups is 5. The average Bonchev–Trinajstić information content (AvgIpc) is 3.06. The second-order valence-corrected chi connectivity index (χ2v) is 15.2. The van der Waals surface area contributed by atoms with Gasteiger partial charge in [-0.05, 0) is 81.1 Å². The van der Waals surface area contributed by atoms with E-state index >= 15 is 0 Å². The highest BCUT2D eigenvalue weighted by Crippen LogP contribution is 2.41. The summed E-state index contributed by atoms with van der Waals surface area (Å²) >= 11 is 0. The van der Waals surface area contributed by atoms with Gasteiger partial charge in [-0.2, -0.15) is 0 Å². The molecule has 0 saturated heterocycles. The van der Waals surface area contributed by atoms with Crippen LogP contribution in [0, 0.1) is 10.8 Å². The third kappa shape index (κ3) is 14.0. The van der Waals surface area contributed by atoms with Crippen LogP contribution in [0.25, 0.3) is 0 Å². The first kappa shape index (κ1) is 44.9.